The van der Waals surface area contributed by atoms with Crippen LogP contribution < -0.4 is 5.32 Å². The molecule has 1 aliphatic rings. The van der Waals surface area contributed by atoms with Crippen molar-refractivity contribution in [2.75, 3.05) is 19.7 Å². The van der Waals surface area contributed by atoms with Gasteiger partial charge in [0, 0.05) is 24.5 Å². The molecule has 0 spiro atoms. The summed E-state index contributed by atoms with van der Waals surface area (Å²) in [5.41, 5.74) is 0.987. The number of ether oxygens (including phenoxy) is 1. The number of rotatable bonds is 2. The number of benzene rings is 1. The quantitative estimate of drug-likeness (QED) is 0.909. The van der Waals surface area contributed by atoms with Gasteiger partial charge in [0.15, 0.2) is 0 Å². The number of fused-ring (bicyclic) bond motifs is 1. The lowest BCUT2D eigenvalue weighted by Crippen LogP contribution is -2.39. The summed E-state index contributed by atoms with van der Waals surface area (Å²) in [6.07, 6.45) is 1.13. The Balaban J connectivity index is 1.80. The average Bonchev–Trinajstić information content (AvgIpc) is 2.71. The summed E-state index contributed by atoms with van der Waals surface area (Å²) >= 11 is 7.67. The minimum atomic E-state index is 0.250. The summed E-state index contributed by atoms with van der Waals surface area (Å²) in [6, 6.07) is 5.85. The second-order valence-electron chi connectivity index (χ2n) is 4.12. The number of hydrogen-bond donors (Lipinski definition) is 1. The van der Waals surface area contributed by atoms with Gasteiger partial charge in [-0.3, -0.25) is 0 Å². The van der Waals surface area contributed by atoms with Crippen molar-refractivity contribution in [1.82, 2.24) is 10.3 Å². The molecule has 1 aliphatic heterocycles. The molecule has 1 saturated heterocycles. The van der Waals surface area contributed by atoms with Crippen molar-refractivity contribution in [3.63, 3.8) is 0 Å². The third kappa shape index (κ3) is 2.60. The van der Waals surface area contributed by atoms with E-state index in [4.69, 9.17) is 16.3 Å². The predicted octanol–water partition coefficient (Wildman–Crippen LogP) is 2.48. The maximum Gasteiger partial charge on any atom is 0.0964 e. The van der Waals surface area contributed by atoms with E-state index in [0.29, 0.717) is 0 Å². The number of halogens is 1. The van der Waals surface area contributed by atoms with Gasteiger partial charge in [0.2, 0.25) is 0 Å². The molecule has 0 radical (unpaired) electrons. The SMILES string of the molecule is Clc1ccc2sc(CC3CNCCO3)nc2c1. The first-order valence-corrected chi connectivity index (χ1v) is 6.88. The lowest BCUT2D eigenvalue weighted by atomic mass is 10.2. The van der Waals surface area contributed by atoms with Crippen LogP contribution in [0.4, 0.5) is 0 Å². The summed E-state index contributed by atoms with van der Waals surface area (Å²) < 4.78 is 6.87. The Kier molecular flexibility index (Phi) is 3.29. The Bertz CT molecular complexity index is 522. The van der Waals surface area contributed by atoms with Crippen molar-refractivity contribution in [1.29, 1.82) is 0 Å². The first-order valence-electron chi connectivity index (χ1n) is 5.68. The second-order valence-corrected chi connectivity index (χ2v) is 5.67. The first-order chi connectivity index (χ1) is 8.31. The topological polar surface area (TPSA) is 34.1 Å². The molecule has 1 atom stereocenters. The van der Waals surface area contributed by atoms with E-state index in [2.05, 4.69) is 10.3 Å². The molecular formula is C12H13ClN2OS. The highest BCUT2D eigenvalue weighted by molar-refractivity contribution is 7.18. The zero-order valence-corrected chi connectivity index (χ0v) is 10.9. The molecule has 3 rings (SSSR count). The maximum absolute atomic E-state index is 5.95. The van der Waals surface area contributed by atoms with Gasteiger partial charge in [-0.15, -0.1) is 11.3 Å². The number of morpholine rings is 1. The van der Waals surface area contributed by atoms with Crippen LogP contribution in [0.15, 0.2) is 18.2 Å². The molecule has 90 valence electrons. The molecule has 2 aromatic rings. The van der Waals surface area contributed by atoms with E-state index < -0.39 is 0 Å². The molecule has 0 amide bonds. The monoisotopic (exact) mass is 268 g/mol. The average molecular weight is 269 g/mol. The fourth-order valence-electron chi connectivity index (χ4n) is 1.98. The van der Waals surface area contributed by atoms with Gasteiger partial charge in [-0.05, 0) is 18.2 Å². The number of thiazole rings is 1. The van der Waals surface area contributed by atoms with Gasteiger partial charge in [0.25, 0.3) is 0 Å². The third-order valence-corrected chi connectivity index (χ3v) is 4.09. The second kappa shape index (κ2) is 4.90. The molecule has 0 saturated carbocycles. The smallest absolute Gasteiger partial charge is 0.0964 e. The molecular weight excluding hydrogens is 256 g/mol. The minimum Gasteiger partial charge on any atom is -0.375 e. The molecule has 1 aromatic carbocycles. The maximum atomic E-state index is 5.95. The van der Waals surface area contributed by atoms with Crippen LogP contribution in [0, 0.1) is 0 Å². The Morgan fingerprint density at radius 2 is 2.47 bits per heavy atom. The standard InChI is InChI=1S/C12H13ClN2OS/c13-8-1-2-11-10(5-8)15-12(17-11)6-9-7-14-3-4-16-9/h1-2,5,9,14H,3-4,6-7H2. The Labute approximate surface area is 109 Å². The number of nitrogens with zero attached hydrogens (tertiary/aromatic N) is 1. The molecule has 1 N–H and O–H groups in total. The van der Waals surface area contributed by atoms with Crippen molar-refractivity contribution < 1.29 is 4.74 Å². The molecule has 17 heavy (non-hydrogen) atoms. The van der Waals surface area contributed by atoms with Gasteiger partial charge in [-0.1, -0.05) is 11.6 Å². The normalized spacial score (nSPS) is 20.9. The summed E-state index contributed by atoms with van der Waals surface area (Å²) in [7, 11) is 0. The van der Waals surface area contributed by atoms with E-state index in [1.807, 2.05) is 18.2 Å². The van der Waals surface area contributed by atoms with Crippen molar-refractivity contribution in [3.8, 4) is 0 Å². The fourth-order valence-corrected chi connectivity index (χ4v) is 3.16. The lowest BCUT2D eigenvalue weighted by Gasteiger charge is -2.22. The van der Waals surface area contributed by atoms with Crippen LogP contribution in [0.3, 0.4) is 0 Å². The zero-order chi connectivity index (χ0) is 11.7. The summed E-state index contributed by atoms with van der Waals surface area (Å²) in [6.45, 7) is 2.66. The van der Waals surface area contributed by atoms with Crippen LogP contribution in [0.2, 0.25) is 5.02 Å². The zero-order valence-electron chi connectivity index (χ0n) is 9.28. The number of hydrogen-bond acceptors (Lipinski definition) is 4. The van der Waals surface area contributed by atoms with E-state index in [0.717, 1.165) is 41.7 Å². The van der Waals surface area contributed by atoms with E-state index >= 15 is 0 Å². The summed E-state index contributed by atoms with van der Waals surface area (Å²) in [5.74, 6) is 0. The largest absolute Gasteiger partial charge is 0.375 e. The van der Waals surface area contributed by atoms with Gasteiger partial charge in [-0.25, -0.2) is 4.98 Å². The van der Waals surface area contributed by atoms with E-state index in [1.165, 1.54) is 4.70 Å². The van der Waals surface area contributed by atoms with Crippen LogP contribution in [0.1, 0.15) is 5.01 Å². The van der Waals surface area contributed by atoms with E-state index in [-0.39, 0.29) is 6.10 Å². The highest BCUT2D eigenvalue weighted by atomic mass is 35.5. The molecule has 1 unspecified atom stereocenters. The van der Waals surface area contributed by atoms with Crippen LogP contribution in [0.5, 0.6) is 0 Å². The van der Waals surface area contributed by atoms with Gasteiger partial charge < -0.3 is 10.1 Å². The predicted molar refractivity (Wildman–Crippen MR) is 70.9 cm³/mol. The van der Waals surface area contributed by atoms with E-state index in [1.54, 1.807) is 11.3 Å². The Morgan fingerprint density at radius 1 is 1.53 bits per heavy atom. The summed E-state index contributed by atoms with van der Waals surface area (Å²) in [5, 5.41) is 5.19. The Hall–Kier alpha value is -0.680. The van der Waals surface area contributed by atoms with Crippen LogP contribution >= 0.6 is 22.9 Å². The molecule has 3 nitrogen and oxygen atoms in total. The van der Waals surface area contributed by atoms with Gasteiger partial charge >= 0.3 is 0 Å². The molecule has 5 heteroatoms. The highest BCUT2D eigenvalue weighted by Crippen LogP contribution is 2.26. The first kappa shape index (κ1) is 11.4. The summed E-state index contributed by atoms with van der Waals surface area (Å²) in [4.78, 5) is 4.59. The van der Waals surface area contributed by atoms with Crippen molar-refractivity contribution >= 4 is 33.2 Å². The number of nitrogens with one attached hydrogen (secondary N) is 1. The highest BCUT2D eigenvalue weighted by Gasteiger charge is 2.16. The fraction of sp³-hybridized carbons (Fsp3) is 0.417. The molecule has 2 heterocycles. The molecule has 0 aliphatic carbocycles. The molecule has 1 aromatic heterocycles. The number of aromatic nitrogens is 1. The van der Waals surface area contributed by atoms with Crippen LogP contribution in [0.25, 0.3) is 10.2 Å². The Morgan fingerprint density at radius 3 is 3.29 bits per heavy atom. The molecule has 1 fully saturated rings. The van der Waals surface area contributed by atoms with Crippen molar-refractivity contribution in [3.05, 3.63) is 28.2 Å². The van der Waals surface area contributed by atoms with Crippen molar-refractivity contribution in [2.24, 2.45) is 0 Å². The minimum absolute atomic E-state index is 0.250. The van der Waals surface area contributed by atoms with Gasteiger partial charge in [0.1, 0.15) is 0 Å². The van der Waals surface area contributed by atoms with Gasteiger partial charge in [-0.2, -0.15) is 0 Å². The van der Waals surface area contributed by atoms with Crippen LogP contribution in [-0.2, 0) is 11.2 Å². The van der Waals surface area contributed by atoms with Crippen LogP contribution in [-0.4, -0.2) is 30.8 Å². The van der Waals surface area contributed by atoms with Gasteiger partial charge in [0.05, 0.1) is 27.9 Å². The van der Waals surface area contributed by atoms with E-state index in [9.17, 15) is 0 Å². The third-order valence-electron chi connectivity index (χ3n) is 2.80. The lowest BCUT2D eigenvalue weighted by molar-refractivity contribution is 0.0292. The molecule has 0 bridgehead atoms. The van der Waals surface area contributed by atoms with Crippen molar-refractivity contribution in [2.45, 2.75) is 12.5 Å².